The number of fused-ring (bicyclic) bond motifs is 1. The van der Waals surface area contributed by atoms with E-state index in [4.69, 9.17) is 0 Å². The van der Waals surface area contributed by atoms with E-state index in [-0.39, 0.29) is 17.9 Å². The zero-order valence-electron chi connectivity index (χ0n) is 16.2. The van der Waals surface area contributed by atoms with Crippen LogP contribution in [0.4, 0.5) is 0 Å². The molecule has 1 aliphatic heterocycles. The molecule has 28 heavy (non-hydrogen) atoms. The molecule has 6 nitrogen and oxygen atoms in total. The molecule has 0 unspecified atom stereocenters. The lowest BCUT2D eigenvalue weighted by Crippen LogP contribution is -2.46. The van der Waals surface area contributed by atoms with Crippen molar-refractivity contribution in [2.45, 2.75) is 32.7 Å². The Labute approximate surface area is 164 Å². The summed E-state index contributed by atoms with van der Waals surface area (Å²) in [6.45, 7) is 5.32. The molecule has 2 amide bonds. The molecule has 144 valence electrons. The van der Waals surface area contributed by atoms with Gasteiger partial charge >= 0.3 is 0 Å². The Hall–Kier alpha value is -3.15. The van der Waals surface area contributed by atoms with Gasteiger partial charge in [-0.1, -0.05) is 6.07 Å². The molecule has 1 saturated heterocycles. The molecule has 1 aliphatic rings. The summed E-state index contributed by atoms with van der Waals surface area (Å²) in [5.74, 6) is -0.0204. The Morgan fingerprint density at radius 2 is 1.79 bits per heavy atom. The van der Waals surface area contributed by atoms with E-state index in [1.807, 2.05) is 55.1 Å². The maximum atomic E-state index is 12.8. The van der Waals surface area contributed by atoms with Crippen molar-refractivity contribution in [3.05, 3.63) is 65.0 Å². The van der Waals surface area contributed by atoms with Crippen molar-refractivity contribution in [3.8, 4) is 0 Å². The van der Waals surface area contributed by atoms with Gasteiger partial charge in [-0.3, -0.25) is 9.59 Å². The molecule has 0 radical (unpaired) electrons. The minimum Gasteiger partial charge on any atom is -0.349 e. The molecule has 0 spiro atoms. The maximum absolute atomic E-state index is 12.8. The maximum Gasteiger partial charge on any atom is 0.253 e. The van der Waals surface area contributed by atoms with Gasteiger partial charge in [-0.15, -0.1) is 0 Å². The van der Waals surface area contributed by atoms with Crippen LogP contribution in [0.15, 0.2) is 42.7 Å². The fourth-order valence-electron chi connectivity index (χ4n) is 3.63. The molecule has 1 aromatic heterocycles. The predicted octanol–water partition coefficient (Wildman–Crippen LogP) is 3.21. The highest BCUT2D eigenvalue weighted by atomic mass is 16.2. The van der Waals surface area contributed by atoms with Crippen LogP contribution in [0.25, 0.3) is 11.0 Å². The number of H-pyrrole nitrogens is 1. The second-order valence-corrected chi connectivity index (χ2v) is 7.47. The zero-order chi connectivity index (χ0) is 19.7. The van der Waals surface area contributed by atoms with Crippen molar-refractivity contribution >= 4 is 22.8 Å². The third-order valence-corrected chi connectivity index (χ3v) is 5.55. The number of carbonyl (C=O) groups excluding carboxylic acids is 2. The van der Waals surface area contributed by atoms with E-state index < -0.39 is 0 Å². The highest BCUT2D eigenvalue weighted by Gasteiger charge is 2.25. The van der Waals surface area contributed by atoms with E-state index in [0.717, 1.165) is 29.4 Å². The van der Waals surface area contributed by atoms with Crippen molar-refractivity contribution in [1.82, 2.24) is 20.2 Å². The molecule has 3 aromatic rings. The Balaban J connectivity index is 1.35. The van der Waals surface area contributed by atoms with E-state index in [0.29, 0.717) is 24.2 Å². The number of likely N-dealkylation sites (tertiary alicyclic amines) is 1. The van der Waals surface area contributed by atoms with Crippen LogP contribution in [-0.2, 0) is 0 Å². The highest BCUT2D eigenvalue weighted by Crippen LogP contribution is 2.18. The summed E-state index contributed by atoms with van der Waals surface area (Å²) >= 11 is 0. The molecular weight excluding hydrogens is 352 g/mol. The summed E-state index contributed by atoms with van der Waals surface area (Å²) in [4.78, 5) is 34.4. The van der Waals surface area contributed by atoms with Crippen LogP contribution in [0, 0.1) is 13.8 Å². The quantitative estimate of drug-likeness (QED) is 0.737. The van der Waals surface area contributed by atoms with Gasteiger partial charge in [0.25, 0.3) is 11.8 Å². The van der Waals surface area contributed by atoms with E-state index in [1.165, 1.54) is 5.56 Å². The fraction of sp³-hybridized carbons (Fsp3) is 0.318. The van der Waals surface area contributed by atoms with Gasteiger partial charge in [0.05, 0.1) is 17.4 Å². The van der Waals surface area contributed by atoms with Gasteiger partial charge in [-0.25, -0.2) is 4.98 Å². The molecule has 2 heterocycles. The third-order valence-electron chi connectivity index (χ3n) is 5.55. The first-order chi connectivity index (χ1) is 13.5. The molecule has 0 aliphatic carbocycles. The lowest BCUT2D eigenvalue weighted by molar-refractivity contribution is 0.0698. The van der Waals surface area contributed by atoms with Crippen LogP contribution >= 0.6 is 0 Å². The number of piperidine rings is 1. The summed E-state index contributed by atoms with van der Waals surface area (Å²) in [5.41, 5.74) is 5.36. The van der Waals surface area contributed by atoms with Crippen molar-refractivity contribution in [2.75, 3.05) is 13.1 Å². The van der Waals surface area contributed by atoms with E-state index in [9.17, 15) is 9.59 Å². The number of aryl methyl sites for hydroxylation is 2. The average Bonchev–Trinajstić information content (AvgIpc) is 3.18. The summed E-state index contributed by atoms with van der Waals surface area (Å²) in [6, 6.07) is 11.4. The topological polar surface area (TPSA) is 78.1 Å². The Kier molecular flexibility index (Phi) is 4.86. The predicted molar refractivity (Wildman–Crippen MR) is 108 cm³/mol. The first kappa shape index (κ1) is 18.2. The number of imidazole rings is 1. The number of hydrogen-bond donors (Lipinski definition) is 2. The highest BCUT2D eigenvalue weighted by molar-refractivity contribution is 5.97. The SMILES string of the molecule is Cc1ccc(C(=O)NC2CCN(C(=O)c3ccc4nc[nH]c4c3)CC2)cc1C. The number of aromatic amines is 1. The number of aromatic nitrogens is 2. The second-order valence-electron chi connectivity index (χ2n) is 7.47. The lowest BCUT2D eigenvalue weighted by Gasteiger charge is -2.32. The van der Waals surface area contributed by atoms with Crippen LogP contribution in [0.3, 0.4) is 0 Å². The first-order valence-electron chi connectivity index (χ1n) is 9.62. The summed E-state index contributed by atoms with van der Waals surface area (Å²) in [5, 5.41) is 3.11. The van der Waals surface area contributed by atoms with Gasteiger partial charge < -0.3 is 15.2 Å². The molecule has 1 fully saturated rings. The Bertz CT molecular complexity index is 1030. The van der Waals surface area contributed by atoms with Crippen molar-refractivity contribution < 1.29 is 9.59 Å². The summed E-state index contributed by atoms with van der Waals surface area (Å²) < 4.78 is 0. The molecule has 0 saturated carbocycles. The smallest absolute Gasteiger partial charge is 0.253 e. The van der Waals surface area contributed by atoms with Crippen molar-refractivity contribution in [2.24, 2.45) is 0 Å². The van der Waals surface area contributed by atoms with Gasteiger partial charge in [0, 0.05) is 30.3 Å². The number of nitrogens with one attached hydrogen (secondary N) is 2. The fourth-order valence-corrected chi connectivity index (χ4v) is 3.63. The van der Waals surface area contributed by atoms with Crippen LogP contribution < -0.4 is 5.32 Å². The number of carbonyl (C=O) groups is 2. The molecular formula is C22H24N4O2. The normalized spacial score (nSPS) is 15.0. The largest absolute Gasteiger partial charge is 0.349 e. The number of nitrogens with zero attached hydrogens (tertiary/aromatic N) is 2. The first-order valence-corrected chi connectivity index (χ1v) is 9.62. The van der Waals surface area contributed by atoms with Crippen LogP contribution in [0.5, 0.6) is 0 Å². The van der Waals surface area contributed by atoms with Crippen LogP contribution in [-0.4, -0.2) is 45.8 Å². The van der Waals surface area contributed by atoms with Crippen LogP contribution in [0.1, 0.15) is 44.7 Å². The van der Waals surface area contributed by atoms with Gasteiger partial charge in [-0.2, -0.15) is 0 Å². The number of rotatable bonds is 3. The second kappa shape index (κ2) is 7.46. The lowest BCUT2D eigenvalue weighted by atomic mass is 10.0. The minimum atomic E-state index is -0.0439. The van der Waals surface area contributed by atoms with Gasteiger partial charge in [0.1, 0.15) is 0 Å². The number of amides is 2. The van der Waals surface area contributed by atoms with E-state index in [1.54, 1.807) is 6.33 Å². The molecule has 4 rings (SSSR count). The molecule has 2 N–H and O–H groups in total. The van der Waals surface area contributed by atoms with E-state index in [2.05, 4.69) is 15.3 Å². The Morgan fingerprint density at radius 3 is 2.54 bits per heavy atom. The van der Waals surface area contributed by atoms with Crippen molar-refractivity contribution in [1.29, 1.82) is 0 Å². The van der Waals surface area contributed by atoms with Gasteiger partial charge in [0.2, 0.25) is 0 Å². The van der Waals surface area contributed by atoms with Crippen LogP contribution in [0.2, 0.25) is 0 Å². The number of benzene rings is 2. The third kappa shape index (κ3) is 3.63. The average molecular weight is 376 g/mol. The van der Waals surface area contributed by atoms with Gasteiger partial charge in [0.15, 0.2) is 0 Å². The number of hydrogen-bond acceptors (Lipinski definition) is 3. The summed E-state index contributed by atoms with van der Waals surface area (Å²) in [6.07, 6.45) is 3.14. The minimum absolute atomic E-state index is 0.0236. The van der Waals surface area contributed by atoms with Gasteiger partial charge in [-0.05, 0) is 68.1 Å². The molecule has 0 bridgehead atoms. The zero-order valence-corrected chi connectivity index (χ0v) is 16.2. The summed E-state index contributed by atoms with van der Waals surface area (Å²) in [7, 11) is 0. The monoisotopic (exact) mass is 376 g/mol. The standard InChI is InChI=1S/C22H24N4O2/c1-14-3-4-16(11-15(14)2)21(27)25-18-7-9-26(10-8-18)22(28)17-5-6-19-20(12-17)24-13-23-19/h3-6,11-13,18H,7-10H2,1-2H3,(H,23,24)(H,25,27). The molecule has 0 atom stereocenters. The van der Waals surface area contributed by atoms with E-state index >= 15 is 0 Å². The van der Waals surface area contributed by atoms with Crippen molar-refractivity contribution in [3.63, 3.8) is 0 Å². The Morgan fingerprint density at radius 1 is 1.04 bits per heavy atom. The molecule has 6 heteroatoms. The molecule has 2 aromatic carbocycles.